The Bertz CT molecular complexity index is 554. The van der Waals surface area contributed by atoms with E-state index in [2.05, 4.69) is 34.6 Å². The molecule has 1 nitrogen and oxygen atoms in total. The molecule has 1 unspecified atom stereocenters. The predicted molar refractivity (Wildman–Crippen MR) is 119 cm³/mol. The van der Waals surface area contributed by atoms with Gasteiger partial charge < -0.3 is 5.11 Å². The van der Waals surface area contributed by atoms with Crippen molar-refractivity contribution in [3.8, 4) is 0 Å². The maximum atomic E-state index is 12.2. The maximum Gasteiger partial charge on any atom is 0.0734 e. The highest BCUT2D eigenvalue weighted by Gasteiger charge is 2.66. The van der Waals surface area contributed by atoms with E-state index in [1.54, 1.807) is 0 Å². The van der Waals surface area contributed by atoms with Crippen LogP contribution in [0.25, 0.3) is 0 Å². The Morgan fingerprint density at radius 1 is 0.821 bits per heavy atom. The first-order valence-corrected chi connectivity index (χ1v) is 12.9. The second kappa shape index (κ2) is 7.58. The van der Waals surface area contributed by atoms with Crippen molar-refractivity contribution < 1.29 is 5.11 Å². The molecule has 4 saturated carbocycles. The molecule has 0 aromatic carbocycles. The van der Waals surface area contributed by atoms with E-state index in [0.29, 0.717) is 11.3 Å². The van der Waals surface area contributed by atoms with E-state index in [9.17, 15) is 5.11 Å². The zero-order valence-corrected chi connectivity index (χ0v) is 19.6. The molecule has 8 atom stereocenters. The molecule has 162 valence electrons. The highest BCUT2D eigenvalue weighted by molar-refractivity contribution is 5.16. The summed E-state index contributed by atoms with van der Waals surface area (Å²) in [6.07, 6.45) is 17.5. The molecule has 0 heterocycles. The molecule has 4 rings (SSSR count). The molecule has 4 aliphatic rings. The van der Waals surface area contributed by atoms with Gasteiger partial charge >= 0.3 is 0 Å². The molecular formula is C27H48O. The highest BCUT2D eigenvalue weighted by atomic mass is 16.3. The Hall–Kier alpha value is -0.0400. The summed E-state index contributed by atoms with van der Waals surface area (Å²) in [5.74, 6) is 4.75. The quantitative estimate of drug-likeness (QED) is 0.513. The van der Waals surface area contributed by atoms with Crippen LogP contribution in [0, 0.1) is 46.3 Å². The van der Waals surface area contributed by atoms with Gasteiger partial charge in [0.15, 0.2) is 0 Å². The van der Waals surface area contributed by atoms with Crippen molar-refractivity contribution >= 4 is 0 Å². The third kappa shape index (κ3) is 3.12. The summed E-state index contributed by atoms with van der Waals surface area (Å²) in [6.45, 7) is 12.4. The van der Waals surface area contributed by atoms with Crippen molar-refractivity contribution in [3.63, 3.8) is 0 Å². The summed E-state index contributed by atoms with van der Waals surface area (Å²) in [5, 5.41) is 12.2. The van der Waals surface area contributed by atoms with E-state index in [1.807, 2.05) is 0 Å². The Morgan fingerprint density at radius 2 is 1.57 bits per heavy atom. The third-order valence-corrected chi connectivity index (χ3v) is 11.0. The first-order valence-electron chi connectivity index (χ1n) is 12.9. The van der Waals surface area contributed by atoms with E-state index < -0.39 is 0 Å². The van der Waals surface area contributed by atoms with Crippen molar-refractivity contribution in [2.75, 3.05) is 0 Å². The second-order valence-electron chi connectivity index (χ2n) is 12.6. The Morgan fingerprint density at radius 3 is 2.32 bits per heavy atom. The van der Waals surface area contributed by atoms with Crippen LogP contribution in [-0.4, -0.2) is 10.7 Å². The first-order chi connectivity index (χ1) is 13.2. The Balaban J connectivity index is 1.51. The van der Waals surface area contributed by atoms with Gasteiger partial charge in [-0.1, -0.05) is 66.7 Å². The summed E-state index contributed by atoms with van der Waals surface area (Å²) in [6, 6.07) is 0. The van der Waals surface area contributed by atoms with Crippen LogP contribution in [0.15, 0.2) is 0 Å². The molecule has 0 amide bonds. The van der Waals surface area contributed by atoms with Crippen LogP contribution in [0.2, 0.25) is 0 Å². The first kappa shape index (κ1) is 21.2. The van der Waals surface area contributed by atoms with Crippen LogP contribution in [0.3, 0.4) is 0 Å². The molecule has 4 aliphatic carbocycles. The van der Waals surface area contributed by atoms with Crippen LogP contribution < -0.4 is 0 Å². The summed E-state index contributed by atoms with van der Waals surface area (Å²) in [7, 11) is 0. The molecule has 28 heavy (non-hydrogen) atoms. The lowest BCUT2D eigenvalue weighted by atomic mass is 9.42. The topological polar surface area (TPSA) is 20.2 Å². The average molecular weight is 389 g/mol. The molecule has 0 aromatic rings. The molecule has 0 aromatic heterocycles. The lowest BCUT2D eigenvalue weighted by molar-refractivity contribution is -0.235. The van der Waals surface area contributed by atoms with Crippen LogP contribution in [0.5, 0.6) is 0 Å². The number of aliphatic hydroxyl groups is 1. The van der Waals surface area contributed by atoms with Crippen LogP contribution >= 0.6 is 0 Å². The van der Waals surface area contributed by atoms with E-state index >= 15 is 0 Å². The van der Waals surface area contributed by atoms with E-state index in [4.69, 9.17) is 0 Å². The van der Waals surface area contributed by atoms with Gasteiger partial charge in [0.2, 0.25) is 0 Å². The van der Waals surface area contributed by atoms with Gasteiger partial charge in [0.25, 0.3) is 0 Å². The molecule has 1 heteroatoms. The van der Waals surface area contributed by atoms with Crippen molar-refractivity contribution in [2.24, 2.45) is 46.3 Å². The number of rotatable bonds is 5. The molecule has 0 spiro atoms. The highest BCUT2D eigenvalue weighted by Crippen LogP contribution is 2.69. The molecule has 0 saturated heterocycles. The maximum absolute atomic E-state index is 12.2. The minimum Gasteiger partial charge on any atom is -0.389 e. The fraction of sp³-hybridized carbons (Fsp3) is 1.00. The number of hydrogen-bond acceptors (Lipinski definition) is 1. The normalized spacial score (nSPS) is 49.4. The zero-order valence-electron chi connectivity index (χ0n) is 19.6. The average Bonchev–Trinajstić information content (AvgIpc) is 2.99. The van der Waals surface area contributed by atoms with Crippen LogP contribution in [0.1, 0.15) is 118 Å². The van der Waals surface area contributed by atoms with E-state index in [0.717, 1.165) is 36.0 Å². The monoisotopic (exact) mass is 388 g/mol. The Labute approximate surface area is 175 Å². The molecule has 0 radical (unpaired) electrons. The summed E-state index contributed by atoms with van der Waals surface area (Å²) < 4.78 is 0. The fourth-order valence-corrected chi connectivity index (χ4v) is 9.26. The summed E-state index contributed by atoms with van der Waals surface area (Å²) >= 11 is 0. The lowest BCUT2D eigenvalue weighted by Gasteiger charge is -2.65. The molecular weight excluding hydrogens is 340 g/mol. The lowest BCUT2D eigenvalue weighted by Crippen LogP contribution is -2.65. The minimum absolute atomic E-state index is 0.205. The van der Waals surface area contributed by atoms with Crippen molar-refractivity contribution in [3.05, 3.63) is 0 Å². The van der Waals surface area contributed by atoms with Gasteiger partial charge in [-0.05, 0) is 97.7 Å². The van der Waals surface area contributed by atoms with Crippen LogP contribution in [0.4, 0.5) is 0 Å². The van der Waals surface area contributed by atoms with Gasteiger partial charge in [-0.2, -0.15) is 0 Å². The largest absolute Gasteiger partial charge is 0.389 e. The standard InChI is InChI=1S/C27H48O/c1-19(2)9-8-10-20(3)22-14-15-23-24-13-12-21-11-6-7-16-26(21,5)27(24,28)18-17-25(22,23)4/h19-24,28H,6-18H2,1-5H3/t20-,21?,22-,23+,24+,25-,26+,27-/m1/s1. The van der Waals surface area contributed by atoms with E-state index in [1.165, 1.54) is 77.0 Å². The zero-order chi connectivity index (χ0) is 20.2. The Kier molecular flexibility index (Phi) is 5.74. The minimum atomic E-state index is -0.365. The van der Waals surface area contributed by atoms with E-state index in [-0.39, 0.29) is 11.0 Å². The van der Waals surface area contributed by atoms with Crippen LogP contribution in [-0.2, 0) is 0 Å². The van der Waals surface area contributed by atoms with Gasteiger partial charge in [0.05, 0.1) is 5.60 Å². The van der Waals surface area contributed by atoms with Gasteiger partial charge in [-0.3, -0.25) is 0 Å². The summed E-state index contributed by atoms with van der Waals surface area (Å²) in [5.41, 5.74) is 0.332. The molecule has 4 fully saturated rings. The van der Waals surface area contributed by atoms with Crippen molar-refractivity contribution in [1.82, 2.24) is 0 Å². The molecule has 0 bridgehead atoms. The molecule has 1 N–H and O–H groups in total. The van der Waals surface area contributed by atoms with Gasteiger partial charge in [0, 0.05) is 0 Å². The van der Waals surface area contributed by atoms with Crippen molar-refractivity contribution in [1.29, 1.82) is 0 Å². The van der Waals surface area contributed by atoms with Gasteiger partial charge in [0.1, 0.15) is 0 Å². The number of hydrogen-bond donors (Lipinski definition) is 1. The predicted octanol–water partition coefficient (Wildman–Crippen LogP) is 7.61. The smallest absolute Gasteiger partial charge is 0.0734 e. The summed E-state index contributed by atoms with van der Waals surface area (Å²) in [4.78, 5) is 0. The third-order valence-electron chi connectivity index (χ3n) is 11.0. The van der Waals surface area contributed by atoms with Crippen molar-refractivity contribution in [2.45, 2.75) is 124 Å². The van der Waals surface area contributed by atoms with Gasteiger partial charge in [-0.15, -0.1) is 0 Å². The second-order valence-corrected chi connectivity index (χ2v) is 12.6. The molecule has 0 aliphatic heterocycles. The fourth-order valence-electron chi connectivity index (χ4n) is 9.26. The SMILES string of the molecule is CC(C)CCC[C@@H](C)[C@H]1CC[C@H]2[C@@H]3CCC4CCCC[C@]4(C)[C@@]3(O)CC[C@]12C. The number of fused-ring (bicyclic) bond motifs is 5. The van der Waals surface area contributed by atoms with Gasteiger partial charge in [-0.25, -0.2) is 0 Å².